The van der Waals surface area contributed by atoms with Gasteiger partial charge in [-0.1, -0.05) is 6.07 Å². The standard InChI is InChI=1S/C17H27N3O3/c1-3-22-16(23-4-2)12-20(14-7-8-14)17(21)15(18)10-13-6-5-9-19-11-13/h5-6,9,11,14-16H,3-4,7-8,10,12,18H2,1-2H3. The Labute approximate surface area is 138 Å². The summed E-state index contributed by atoms with van der Waals surface area (Å²) in [5.41, 5.74) is 7.11. The van der Waals surface area contributed by atoms with Crippen LogP contribution in [0.15, 0.2) is 24.5 Å². The summed E-state index contributed by atoms with van der Waals surface area (Å²) < 4.78 is 11.1. The van der Waals surface area contributed by atoms with Gasteiger partial charge in [0, 0.05) is 31.6 Å². The molecule has 0 saturated heterocycles. The predicted molar refractivity (Wildman–Crippen MR) is 87.7 cm³/mol. The molecule has 1 aromatic rings. The zero-order valence-electron chi connectivity index (χ0n) is 14.0. The lowest BCUT2D eigenvalue weighted by Gasteiger charge is -2.29. The van der Waals surface area contributed by atoms with Gasteiger partial charge < -0.3 is 20.1 Å². The first-order valence-electron chi connectivity index (χ1n) is 8.33. The molecule has 0 aliphatic heterocycles. The quantitative estimate of drug-likeness (QED) is 0.658. The summed E-state index contributed by atoms with van der Waals surface area (Å²) in [6, 6.07) is 3.49. The minimum atomic E-state index is -0.566. The van der Waals surface area contributed by atoms with Crippen LogP contribution in [0.1, 0.15) is 32.3 Å². The molecule has 0 radical (unpaired) electrons. The van der Waals surface area contributed by atoms with Crippen molar-refractivity contribution in [1.29, 1.82) is 0 Å². The van der Waals surface area contributed by atoms with Gasteiger partial charge in [-0.05, 0) is 44.7 Å². The number of carbonyl (C=O) groups is 1. The average Bonchev–Trinajstić information content (AvgIpc) is 3.38. The maximum atomic E-state index is 12.7. The van der Waals surface area contributed by atoms with E-state index < -0.39 is 6.04 Å². The summed E-state index contributed by atoms with van der Waals surface area (Å²) in [7, 11) is 0. The van der Waals surface area contributed by atoms with Gasteiger partial charge in [-0.2, -0.15) is 0 Å². The minimum Gasteiger partial charge on any atom is -0.351 e. The lowest BCUT2D eigenvalue weighted by molar-refractivity contribution is -0.160. The van der Waals surface area contributed by atoms with Gasteiger partial charge in [-0.25, -0.2) is 0 Å². The number of hydrogen-bond acceptors (Lipinski definition) is 5. The molecule has 6 nitrogen and oxygen atoms in total. The second-order valence-electron chi connectivity index (χ2n) is 5.73. The summed E-state index contributed by atoms with van der Waals surface area (Å²) in [5, 5.41) is 0. The predicted octanol–water partition coefficient (Wildman–Crippen LogP) is 1.34. The van der Waals surface area contributed by atoms with E-state index in [1.807, 2.05) is 30.9 Å². The molecule has 1 aliphatic rings. The fraction of sp³-hybridized carbons (Fsp3) is 0.647. The van der Waals surface area contributed by atoms with Crippen molar-refractivity contribution < 1.29 is 14.3 Å². The van der Waals surface area contributed by atoms with Gasteiger partial charge in [0.1, 0.15) is 0 Å². The van der Waals surface area contributed by atoms with Crippen LogP contribution in [0.2, 0.25) is 0 Å². The van der Waals surface area contributed by atoms with Crippen LogP contribution in [-0.2, 0) is 20.7 Å². The minimum absolute atomic E-state index is 0.0410. The average molecular weight is 321 g/mol. The highest BCUT2D eigenvalue weighted by Crippen LogP contribution is 2.28. The SMILES string of the molecule is CCOC(CN(C(=O)C(N)Cc1cccnc1)C1CC1)OCC. The molecule has 0 bridgehead atoms. The van der Waals surface area contributed by atoms with E-state index in [4.69, 9.17) is 15.2 Å². The number of hydrogen-bond donors (Lipinski definition) is 1. The molecule has 1 fully saturated rings. The second kappa shape index (κ2) is 8.96. The first-order chi connectivity index (χ1) is 11.2. The van der Waals surface area contributed by atoms with Gasteiger partial charge in [0.25, 0.3) is 0 Å². The summed E-state index contributed by atoms with van der Waals surface area (Å²) in [5.74, 6) is -0.0410. The van der Waals surface area contributed by atoms with Gasteiger partial charge in [0.15, 0.2) is 6.29 Å². The molecule has 1 amide bonds. The molecule has 1 unspecified atom stereocenters. The molecule has 23 heavy (non-hydrogen) atoms. The monoisotopic (exact) mass is 321 g/mol. The Morgan fingerprint density at radius 3 is 2.61 bits per heavy atom. The molecule has 1 aliphatic carbocycles. The van der Waals surface area contributed by atoms with Crippen LogP contribution in [0, 0.1) is 0 Å². The van der Waals surface area contributed by atoms with E-state index in [2.05, 4.69) is 4.98 Å². The van der Waals surface area contributed by atoms with Crippen LogP contribution in [0.5, 0.6) is 0 Å². The largest absolute Gasteiger partial charge is 0.351 e. The van der Waals surface area contributed by atoms with Crippen LogP contribution in [0.3, 0.4) is 0 Å². The summed E-state index contributed by atoms with van der Waals surface area (Å²) in [4.78, 5) is 18.6. The highest BCUT2D eigenvalue weighted by molar-refractivity contribution is 5.82. The number of rotatable bonds is 10. The van der Waals surface area contributed by atoms with E-state index in [1.165, 1.54) is 0 Å². The third kappa shape index (κ3) is 5.57. The highest BCUT2D eigenvalue weighted by Gasteiger charge is 2.36. The Hall–Kier alpha value is -1.50. The number of nitrogens with zero attached hydrogens (tertiary/aromatic N) is 2. The van der Waals surface area contributed by atoms with Gasteiger partial charge >= 0.3 is 0 Å². The third-order valence-corrected chi connectivity index (χ3v) is 3.82. The number of pyridine rings is 1. The molecule has 6 heteroatoms. The highest BCUT2D eigenvalue weighted by atomic mass is 16.7. The van der Waals surface area contributed by atoms with Gasteiger partial charge in [0.05, 0.1) is 12.6 Å². The molecule has 1 aromatic heterocycles. The molecule has 2 rings (SSSR count). The van der Waals surface area contributed by atoms with Crippen molar-refractivity contribution in [3.8, 4) is 0 Å². The lowest BCUT2D eigenvalue weighted by Crippen LogP contribution is -2.49. The van der Waals surface area contributed by atoms with Crippen molar-refractivity contribution >= 4 is 5.91 Å². The Morgan fingerprint density at radius 2 is 2.09 bits per heavy atom. The molecule has 128 valence electrons. The molecule has 0 spiro atoms. The van der Waals surface area contributed by atoms with Gasteiger partial charge in [-0.3, -0.25) is 9.78 Å². The summed E-state index contributed by atoms with van der Waals surface area (Å²) >= 11 is 0. The Bertz CT molecular complexity index is 473. The second-order valence-corrected chi connectivity index (χ2v) is 5.73. The molecule has 2 N–H and O–H groups in total. The zero-order valence-corrected chi connectivity index (χ0v) is 14.0. The van der Waals surface area contributed by atoms with E-state index in [-0.39, 0.29) is 18.2 Å². The zero-order chi connectivity index (χ0) is 16.7. The molecule has 0 aromatic carbocycles. The Kier molecular flexibility index (Phi) is 6.95. The van der Waals surface area contributed by atoms with Crippen molar-refractivity contribution in [2.45, 2.75) is 51.5 Å². The van der Waals surface area contributed by atoms with E-state index in [0.29, 0.717) is 26.2 Å². The van der Waals surface area contributed by atoms with E-state index in [9.17, 15) is 4.79 Å². The van der Waals surface area contributed by atoms with Crippen molar-refractivity contribution in [2.24, 2.45) is 5.73 Å². The summed E-state index contributed by atoms with van der Waals surface area (Å²) in [6.45, 7) is 5.39. The number of amides is 1. The van der Waals surface area contributed by atoms with Crippen molar-refractivity contribution in [2.75, 3.05) is 19.8 Å². The van der Waals surface area contributed by atoms with E-state index >= 15 is 0 Å². The smallest absolute Gasteiger partial charge is 0.240 e. The van der Waals surface area contributed by atoms with Crippen LogP contribution in [-0.4, -0.2) is 53.9 Å². The Balaban J connectivity index is 1.97. The molecular formula is C17H27N3O3. The van der Waals surface area contributed by atoms with Crippen molar-refractivity contribution in [1.82, 2.24) is 9.88 Å². The molecule has 1 saturated carbocycles. The van der Waals surface area contributed by atoms with E-state index in [0.717, 1.165) is 18.4 Å². The maximum Gasteiger partial charge on any atom is 0.240 e. The van der Waals surface area contributed by atoms with E-state index in [1.54, 1.807) is 12.4 Å². The number of nitrogens with two attached hydrogens (primary N) is 1. The van der Waals surface area contributed by atoms with Crippen LogP contribution in [0.25, 0.3) is 0 Å². The van der Waals surface area contributed by atoms with Crippen LogP contribution >= 0.6 is 0 Å². The first kappa shape index (κ1) is 17.8. The fourth-order valence-electron chi connectivity index (χ4n) is 2.56. The Morgan fingerprint density at radius 1 is 1.39 bits per heavy atom. The molecular weight excluding hydrogens is 294 g/mol. The third-order valence-electron chi connectivity index (χ3n) is 3.82. The van der Waals surface area contributed by atoms with Crippen molar-refractivity contribution in [3.05, 3.63) is 30.1 Å². The lowest BCUT2D eigenvalue weighted by atomic mass is 10.1. The van der Waals surface area contributed by atoms with Crippen LogP contribution in [0.4, 0.5) is 0 Å². The van der Waals surface area contributed by atoms with Crippen molar-refractivity contribution in [3.63, 3.8) is 0 Å². The topological polar surface area (TPSA) is 77.7 Å². The normalized spacial score (nSPS) is 15.7. The number of carbonyl (C=O) groups excluding carboxylic acids is 1. The number of ether oxygens (including phenoxy) is 2. The number of aromatic nitrogens is 1. The van der Waals surface area contributed by atoms with Gasteiger partial charge in [0.2, 0.25) is 5.91 Å². The molecule has 1 heterocycles. The maximum absolute atomic E-state index is 12.7. The summed E-state index contributed by atoms with van der Waals surface area (Å²) in [6.07, 6.45) is 5.61. The first-order valence-corrected chi connectivity index (χ1v) is 8.33. The molecule has 1 atom stereocenters. The van der Waals surface area contributed by atoms with Gasteiger partial charge in [-0.15, -0.1) is 0 Å². The fourth-order valence-corrected chi connectivity index (χ4v) is 2.56. The van der Waals surface area contributed by atoms with Crippen LogP contribution < -0.4 is 5.73 Å².